The molecular formula is C19H20N6. The number of nitrogens with one attached hydrogen (secondary N) is 3. The lowest BCUT2D eigenvalue weighted by atomic mass is 10.1. The van der Waals surface area contributed by atoms with Crippen LogP contribution in [-0.4, -0.2) is 21.2 Å². The van der Waals surface area contributed by atoms with Gasteiger partial charge < -0.3 is 10.6 Å². The number of nitriles is 1. The molecule has 0 unspecified atom stereocenters. The predicted molar refractivity (Wildman–Crippen MR) is 98.3 cm³/mol. The fraction of sp³-hybridized carbons (Fsp3) is 0.316. The van der Waals surface area contributed by atoms with Crippen molar-refractivity contribution in [2.75, 3.05) is 10.6 Å². The van der Waals surface area contributed by atoms with E-state index < -0.39 is 0 Å². The van der Waals surface area contributed by atoms with E-state index in [1.165, 1.54) is 12.8 Å². The summed E-state index contributed by atoms with van der Waals surface area (Å²) < 4.78 is 0. The average Bonchev–Trinajstić information content (AvgIpc) is 3.34. The molecule has 3 aromatic rings. The van der Waals surface area contributed by atoms with Gasteiger partial charge in [0.1, 0.15) is 6.07 Å². The van der Waals surface area contributed by atoms with E-state index in [0.29, 0.717) is 18.2 Å². The molecule has 0 aliphatic heterocycles. The molecule has 1 fully saturated rings. The van der Waals surface area contributed by atoms with Crippen LogP contribution in [0, 0.1) is 11.3 Å². The number of nitrogens with zero attached hydrogens (tertiary/aromatic N) is 3. The van der Waals surface area contributed by atoms with Gasteiger partial charge in [-0.05, 0) is 37.1 Å². The Hall–Kier alpha value is -3.07. The molecule has 0 amide bonds. The van der Waals surface area contributed by atoms with Crippen molar-refractivity contribution in [1.82, 2.24) is 15.2 Å². The van der Waals surface area contributed by atoms with Gasteiger partial charge >= 0.3 is 0 Å². The molecule has 2 heterocycles. The molecule has 0 spiro atoms. The van der Waals surface area contributed by atoms with E-state index in [9.17, 15) is 5.26 Å². The first-order chi connectivity index (χ1) is 12.3. The minimum atomic E-state index is 0.444. The summed E-state index contributed by atoms with van der Waals surface area (Å²) in [5, 5.41) is 24.4. The molecule has 1 aliphatic carbocycles. The van der Waals surface area contributed by atoms with Crippen molar-refractivity contribution in [2.24, 2.45) is 0 Å². The molecule has 0 radical (unpaired) electrons. The summed E-state index contributed by atoms with van der Waals surface area (Å²) in [4.78, 5) is 4.43. The van der Waals surface area contributed by atoms with Crippen LogP contribution in [0.1, 0.15) is 36.9 Å². The van der Waals surface area contributed by atoms with Gasteiger partial charge in [-0.15, -0.1) is 0 Å². The number of hydrogen-bond acceptors (Lipinski definition) is 5. The summed E-state index contributed by atoms with van der Waals surface area (Å²) in [7, 11) is 0. The molecule has 1 aromatic carbocycles. The number of aromatic amines is 1. The van der Waals surface area contributed by atoms with Gasteiger partial charge in [0, 0.05) is 29.5 Å². The quantitative estimate of drug-likeness (QED) is 0.661. The first-order valence-corrected chi connectivity index (χ1v) is 8.65. The molecule has 126 valence electrons. The summed E-state index contributed by atoms with van der Waals surface area (Å²) >= 11 is 0. The minimum absolute atomic E-state index is 0.444. The van der Waals surface area contributed by atoms with Gasteiger partial charge in [0.05, 0.1) is 29.0 Å². The number of H-pyrrole nitrogens is 1. The second-order valence-electron chi connectivity index (χ2n) is 6.45. The van der Waals surface area contributed by atoms with E-state index in [-0.39, 0.29) is 0 Å². The molecular weight excluding hydrogens is 312 g/mol. The maximum atomic E-state index is 9.49. The number of hydrogen-bond donors (Lipinski definition) is 3. The number of anilines is 2. The monoisotopic (exact) mass is 332 g/mol. The highest BCUT2D eigenvalue weighted by Gasteiger charge is 2.18. The smallest absolute Gasteiger partial charge is 0.103 e. The Kier molecular flexibility index (Phi) is 4.21. The molecule has 2 aromatic heterocycles. The summed E-state index contributed by atoms with van der Waals surface area (Å²) in [6.07, 6.45) is 8.22. The Balaban J connectivity index is 1.67. The van der Waals surface area contributed by atoms with Gasteiger partial charge in [-0.25, -0.2) is 0 Å². The van der Waals surface area contributed by atoms with Crippen LogP contribution in [-0.2, 0) is 6.54 Å². The van der Waals surface area contributed by atoms with Crippen LogP contribution in [0.4, 0.5) is 11.4 Å². The van der Waals surface area contributed by atoms with Crippen molar-refractivity contribution in [3.05, 3.63) is 47.9 Å². The second-order valence-corrected chi connectivity index (χ2v) is 6.45. The number of aromatic nitrogens is 3. The number of rotatable bonds is 5. The third-order valence-corrected chi connectivity index (χ3v) is 4.73. The summed E-state index contributed by atoms with van der Waals surface area (Å²) in [5.41, 5.74) is 4.42. The number of benzene rings is 1. The average molecular weight is 332 g/mol. The molecule has 3 N–H and O–H groups in total. The predicted octanol–water partition coefficient (Wildman–Crippen LogP) is 3.80. The van der Waals surface area contributed by atoms with E-state index in [0.717, 1.165) is 40.8 Å². The van der Waals surface area contributed by atoms with Crippen LogP contribution in [0.25, 0.3) is 10.9 Å². The van der Waals surface area contributed by atoms with Gasteiger partial charge in [-0.3, -0.25) is 10.1 Å². The van der Waals surface area contributed by atoms with Gasteiger partial charge in [0.15, 0.2) is 0 Å². The minimum Gasteiger partial charge on any atom is -0.381 e. The Morgan fingerprint density at radius 3 is 2.88 bits per heavy atom. The summed E-state index contributed by atoms with van der Waals surface area (Å²) in [6.45, 7) is 0.669. The van der Waals surface area contributed by atoms with Crippen molar-refractivity contribution in [3.63, 3.8) is 0 Å². The van der Waals surface area contributed by atoms with Crippen molar-refractivity contribution < 1.29 is 0 Å². The summed E-state index contributed by atoms with van der Waals surface area (Å²) in [5.74, 6) is 0. The molecule has 6 nitrogen and oxygen atoms in total. The number of fused-ring (bicyclic) bond motifs is 1. The van der Waals surface area contributed by atoms with Crippen molar-refractivity contribution >= 4 is 22.3 Å². The van der Waals surface area contributed by atoms with E-state index in [1.54, 1.807) is 12.4 Å². The zero-order valence-electron chi connectivity index (χ0n) is 13.9. The normalized spacial score (nSPS) is 14.5. The molecule has 0 saturated heterocycles. The molecule has 1 aliphatic rings. The third-order valence-electron chi connectivity index (χ3n) is 4.73. The lowest BCUT2D eigenvalue weighted by Gasteiger charge is -2.17. The zero-order chi connectivity index (χ0) is 17.1. The maximum absolute atomic E-state index is 9.49. The second kappa shape index (κ2) is 6.81. The van der Waals surface area contributed by atoms with Crippen molar-refractivity contribution in [1.29, 1.82) is 5.26 Å². The van der Waals surface area contributed by atoms with E-state index in [2.05, 4.69) is 38.0 Å². The Bertz CT molecular complexity index is 904. The molecule has 0 bridgehead atoms. The topological polar surface area (TPSA) is 89.4 Å². The fourth-order valence-electron chi connectivity index (χ4n) is 3.40. The van der Waals surface area contributed by atoms with Gasteiger partial charge in [-0.2, -0.15) is 10.4 Å². The van der Waals surface area contributed by atoms with Gasteiger partial charge in [-0.1, -0.05) is 12.8 Å². The third kappa shape index (κ3) is 3.26. The standard InChI is InChI=1S/C19H20N6/c20-10-13-11-22-18-6-5-15(21-12-16-7-8-23-25-16)9-17(18)19(13)24-14-3-1-2-4-14/h5-9,11,14,21H,1-4,12H2,(H,22,24)(H,23,25). The van der Waals surface area contributed by atoms with Crippen LogP contribution in [0.3, 0.4) is 0 Å². The Morgan fingerprint density at radius 2 is 2.12 bits per heavy atom. The molecule has 6 heteroatoms. The molecule has 1 saturated carbocycles. The lowest BCUT2D eigenvalue weighted by molar-refractivity contribution is 0.756. The van der Waals surface area contributed by atoms with Crippen LogP contribution in [0.5, 0.6) is 0 Å². The number of pyridine rings is 1. The lowest BCUT2D eigenvalue weighted by Crippen LogP contribution is -2.16. The van der Waals surface area contributed by atoms with Crippen molar-refractivity contribution in [2.45, 2.75) is 38.3 Å². The molecule has 4 rings (SSSR count). The molecule has 0 atom stereocenters. The van der Waals surface area contributed by atoms with Crippen molar-refractivity contribution in [3.8, 4) is 6.07 Å². The highest BCUT2D eigenvalue weighted by molar-refractivity contribution is 5.96. The van der Waals surface area contributed by atoms with Crippen LogP contribution in [0.15, 0.2) is 36.7 Å². The first kappa shape index (κ1) is 15.5. The van der Waals surface area contributed by atoms with Crippen LogP contribution in [0.2, 0.25) is 0 Å². The highest BCUT2D eigenvalue weighted by atomic mass is 15.1. The first-order valence-electron chi connectivity index (χ1n) is 8.65. The highest BCUT2D eigenvalue weighted by Crippen LogP contribution is 2.31. The fourth-order valence-corrected chi connectivity index (χ4v) is 3.40. The molecule has 25 heavy (non-hydrogen) atoms. The zero-order valence-corrected chi connectivity index (χ0v) is 13.9. The van der Waals surface area contributed by atoms with Crippen LogP contribution < -0.4 is 10.6 Å². The van der Waals surface area contributed by atoms with Crippen LogP contribution >= 0.6 is 0 Å². The van der Waals surface area contributed by atoms with Gasteiger partial charge in [0.25, 0.3) is 0 Å². The largest absolute Gasteiger partial charge is 0.381 e. The van der Waals surface area contributed by atoms with E-state index in [1.807, 2.05) is 18.2 Å². The Morgan fingerprint density at radius 1 is 1.24 bits per heavy atom. The maximum Gasteiger partial charge on any atom is 0.103 e. The van der Waals surface area contributed by atoms with E-state index in [4.69, 9.17) is 0 Å². The SMILES string of the molecule is N#Cc1cnc2ccc(NCc3ccn[nH]3)cc2c1NC1CCCC1. The van der Waals surface area contributed by atoms with E-state index >= 15 is 0 Å². The Labute approximate surface area is 146 Å². The summed E-state index contributed by atoms with van der Waals surface area (Å²) in [6, 6.07) is 10.7. The van der Waals surface area contributed by atoms with Gasteiger partial charge in [0.2, 0.25) is 0 Å².